The van der Waals surface area contributed by atoms with Crippen molar-refractivity contribution in [2.75, 3.05) is 18.5 Å². The van der Waals surface area contributed by atoms with Gasteiger partial charge in [-0.15, -0.1) is 0 Å². The Hall–Kier alpha value is -2.70. The van der Waals surface area contributed by atoms with E-state index in [9.17, 15) is 19.2 Å². The van der Waals surface area contributed by atoms with E-state index in [1.807, 2.05) is 13.8 Å². The number of nitrogens with one attached hydrogen (secondary N) is 2. The third kappa shape index (κ3) is 8.64. The Morgan fingerprint density at radius 3 is 2.28 bits per heavy atom. The van der Waals surface area contributed by atoms with Crippen LogP contribution in [0.2, 0.25) is 0 Å². The predicted octanol–water partition coefficient (Wildman–Crippen LogP) is 1.92. The zero-order valence-corrected chi connectivity index (χ0v) is 14.8. The van der Waals surface area contributed by atoms with Crippen LogP contribution < -0.4 is 10.6 Å². The molecule has 136 valence electrons. The zero-order chi connectivity index (χ0) is 18.8. The lowest BCUT2D eigenvalue weighted by molar-refractivity contribution is -0.142. The van der Waals surface area contributed by atoms with Crippen molar-refractivity contribution < 1.29 is 23.9 Å². The van der Waals surface area contributed by atoms with E-state index in [1.54, 1.807) is 24.3 Å². The van der Waals surface area contributed by atoms with E-state index in [0.29, 0.717) is 17.7 Å². The number of carbonyl (C=O) groups is 4. The minimum Gasteiger partial charge on any atom is -0.457 e. The fourth-order valence-corrected chi connectivity index (χ4v) is 1.96. The number of hydrogen-bond acceptors (Lipinski definition) is 5. The van der Waals surface area contributed by atoms with E-state index in [-0.39, 0.29) is 43.1 Å². The van der Waals surface area contributed by atoms with Crippen LogP contribution in [0.3, 0.4) is 0 Å². The van der Waals surface area contributed by atoms with Crippen molar-refractivity contribution >= 4 is 29.3 Å². The lowest BCUT2D eigenvalue weighted by atomic mass is 10.1. The normalized spacial score (nSPS) is 10.2. The molecular formula is C18H24N2O5. The highest BCUT2D eigenvalue weighted by Gasteiger charge is 2.11. The van der Waals surface area contributed by atoms with Crippen LogP contribution >= 0.6 is 0 Å². The maximum atomic E-state index is 12.0. The summed E-state index contributed by atoms with van der Waals surface area (Å²) in [5.74, 6) is -0.944. The summed E-state index contributed by atoms with van der Waals surface area (Å²) in [6.07, 6.45) is 0.433. The first kappa shape index (κ1) is 20.3. The van der Waals surface area contributed by atoms with Gasteiger partial charge in [0.15, 0.2) is 12.4 Å². The summed E-state index contributed by atoms with van der Waals surface area (Å²) in [6, 6.07) is 6.39. The van der Waals surface area contributed by atoms with Gasteiger partial charge in [0.2, 0.25) is 11.8 Å². The topological polar surface area (TPSA) is 102 Å². The van der Waals surface area contributed by atoms with Gasteiger partial charge in [0, 0.05) is 31.1 Å². The van der Waals surface area contributed by atoms with Crippen LogP contribution in [0.4, 0.5) is 5.69 Å². The lowest BCUT2D eigenvalue weighted by Gasteiger charge is -2.08. The molecule has 7 nitrogen and oxygen atoms in total. The fourth-order valence-electron chi connectivity index (χ4n) is 1.96. The standard InChI is InChI=1S/C18H24N2O5/c1-12(2)10-17(23)20-15-6-4-14(5-7-15)16(22)11-25-18(24)8-9-19-13(3)21/h4-7,12H,8-11H2,1-3H3,(H,19,21)(H,20,23). The number of Topliss-reactive ketones (excluding diaryl/α,β-unsaturated/α-hetero) is 1. The van der Waals surface area contributed by atoms with Gasteiger partial charge in [-0.1, -0.05) is 13.8 Å². The highest BCUT2D eigenvalue weighted by molar-refractivity contribution is 5.98. The summed E-state index contributed by atoms with van der Waals surface area (Å²) in [7, 11) is 0. The molecule has 0 aliphatic heterocycles. The molecule has 0 atom stereocenters. The zero-order valence-electron chi connectivity index (χ0n) is 14.8. The molecule has 2 N–H and O–H groups in total. The number of rotatable bonds is 9. The number of carbonyl (C=O) groups excluding carboxylic acids is 4. The average Bonchev–Trinajstić information content (AvgIpc) is 2.52. The van der Waals surface area contributed by atoms with Crippen molar-refractivity contribution in [2.45, 2.75) is 33.6 Å². The summed E-state index contributed by atoms with van der Waals surface area (Å²) < 4.78 is 4.87. The molecule has 0 aliphatic rings. The molecule has 0 unspecified atom stereocenters. The Morgan fingerprint density at radius 1 is 1.08 bits per heavy atom. The largest absolute Gasteiger partial charge is 0.457 e. The van der Waals surface area contributed by atoms with Gasteiger partial charge in [-0.25, -0.2) is 0 Å². The van der Waals surface area contributed by atoms with Gasteiger partial charge in [0.1, 0.15) is 0 Å². The highest BCUT2D eigenvalue weighted by atomic mass is 16.5. The lowest BCUT2D eigenvalue weighted by Crippen LogP contribution is -2.24. The maximum Gasteiger partial charge on any atom is 0.308 e. The van der Waals surface area contributed by atoms with Gasteiger partial charge in [-0.3, -0.25) is 19.2 Å². The van der Waals surface area contributed by atoms with E-state index < -0.39 is 5.97 Å². The second-order valence-corrected chi connectivity index (χ2v) is 6.04. The summed E-state index contributed by atoms with van der Waals surface area (Å²) in [6.45, 7) is 5.08. The monoisotopic (exact) mass is 348 g/mol. The van der Waals surface area contributed by atoms with Crippen LogP contribution in [-0.2, 0) is 19.1 Å². The third-order valence-corrected chi connectivity index (χ3v) is 3.15. The molecule has 0 bridgehead atoms. The molecular weight excluding hydrogens is 324 g/mol. The molecule has 0 radical (unpaired) electrons. The maximum absolute atomic E-state index is 12.0. The van der Waals surface area contributed by atoms with Gasteiger partial charge in [-0.2, -0.15) is 0 Å². The Balaban J connectivity index is 2.42. The van der Waals surface area contributed by atoms with E-state index in [0.717, 1.165) is 0 Å². The Morgan fingerprint density at radius 2 is 1.72 bits per heavy atom. The number of ketones is 1. The highest BCUT2D eigenvalue weighted by Crippen LogP contribution is 2.12. The van der Waals surface area contributed by atoms with Crippen LogP contribution in [0, 0.1) is 5.92 Å². The summed E-state index contributed by atoms with van der Waals surface area (Å²) >= 11 is 0. The van der Waals surface area contributed by atoms with Gasteiger partial charge in [-0.05, 0) is 30.2 Å². The van der Waals surface area contributed by atoms with Crippen LogP contribution in [0.25, 0.3) is 0 Å². The van der Waals surface area contributed by atoms with Crippen LogP contribution in [0.15, 0.2) is 24.3 Å². The van der Waals surface area contributed by atoms with Crippen molar-refractivity contribution in [3.8, 4) is 0 Å². The van der Waals surface area contributed by atoms with Crippen molar-refractivity contribution in [2.24, 2.45) is 5.92 Å². The predicted molar refractivity (Wildman–Crippen MR) is 93.1 cm³/mol. The van der Waals surface area contributed by atoms with Crippen molar-refractivity contribution in [1.82, 2.24) is 5.32 Å². The van der Waals surface area contributed by atoms with Gasteiger partial charge in [0.25, 0.3) is 0 Å². The first-order chi connectivity index (χ1) is 11.8. The van der Waals surface area contributed by atoms with Crippen LogP contribution in [-0.4, -0.2) is 36.7 Å². The molecule has 0 saturated heterocycles. The van der Waals surface area contributed by atoms with Crippen LogP contribution in [0.5, 0.6) is 0 Å². The molecule has 0 fully saturated rings. The number of esters is 1. The van der Waals surface area contributed by atoms with Crippen molar-refractivity contribution in [3.05, 3.63) is 29.8 Å². The minimum absolute atomic E-state index is 0.00762. The smallest absolute Gasteiger partial charge is 0.308 e. The second kappa shape index (κ2) is 10.2. The summed E-state index contributed by atoms with van der Waals surface area (Å²) in [5.41, 5.74) is 0.992. The molecule has 0 heterocycles. The third-order valence-electron chi connectivity index (χ3n) is 3.15. The van der Waals surface area contributed by atoms with Gasteiger partial charge >= 0.3 is 5.97 Å². The van der Waals surface area contributed by atoms with Crippen molar-refractivity contribution in [3.63, 3.8) is 0 Å². The molecule has 0 spiro atoms. The molecule has 0 aromatic heterocycles. The first-order valence-corrected chi connectivity index (χ1v) is 8.11. The Bertz CT molecular complexity index is 623. The summed E-state index contributed by atoms with van der Waals surface area (Å²) in [5, 5.41) is 5.22. The number of amides is 2. The minimum atomic E-state index is -0.556. The molecule has 2 amide bonds. The van der Waals surface area contributed by atoms with Crippen LogP contribution in [0.1, 0.15) is 44.0 Å². The number of benzene rings is 1. The molecule has 1 aromatic rings. The summed E-state index contributed by atoms with van der Waals surface area (Å²) in [4.78, 5) is 45.8. The molecule has 7 heteroatoms. The van der Waals surface area contributed by atoms with E-state index >= 15 is 0 Å². The van der Waals surface area contributed by atoms with E-state index in [2.05, 4.69) is 10.6 Å². The molecule has 0 aliphatic carbocycles. The van der Waals surface area contributed by atoms with E-state index in [4.69, 9.17) is 4.74 Å². The molecule has 1 rings (SSSR count). The van der Waals surface area contributed by atoms with Gasteiger partial charge in [0.05, 0.1) is 6.42 Å². The average molecular weight is 348 g/mol. The quantitative estimate of drug-likeness (QED) is 0.524. The number of anilines is 1. The molecule has 1 aromatic carbocycles. The number of hydrogen-bond donors (Lipinski definition) is 2. The number of ether oxygens (including phenoxy) is 1. The Labute approximate surface area is 147 Å². The Kier molecular flexibility index (Phi) is 8.32. The molecule has 0 saturated carbocycles. The van der Waals surface area contributed by atoms with Crippen molar-refractivity contribution in [1.29, 1.82) is 0 Å². The van der Waals surface area contributed by atoms with Gasteiger partial charge < -0.3 is 15.4 Å². The molecule has 25 heavy (non-hydrogen) atoms. The second-order valence-electron chi connectivity index (χ2n) is 6.04. The SMILES string of the molecule is CC(=O)NCCC(=O)OCC(=O)c1ccc(NC(=O)CC(C)C)cc1. The fraction of sp³-hybridized carbons (Fsp3) is 0.444. The first-order valence-electron chi connectivity index (χ1n) is 8.11. The van der Waals surface area contributed by atoms with E-state index in [1.165, 1.54) is 6.92 Å².